The smallest absolute Gasteiger partial charge is 0.253 e. The van der Waals surface area contributed by atoms with Gasteiger partial charge in [0.05, 0.1) is 22.4 Å². The molecule has 124 valence electrons. The van der Waals surface area contributed by atoms with E-state index in [9.17, 15) is 4.79 Å². The topological polar surface area (TPSA) is 51.0 Å². The zero-order valence-corrected chi connectivity index (χ0v) is 14.5. The van der Waals surface area contributed by atoms with Crippen LogP contribution in [0.15, 0.2) is 67.0 Å². The minimum absolute atomic E-state index is 0.0220. The maximum absolute atomic E-state index is 12.6. The van der Waals surface area contributed by atoms with E-state index in [1.807, 2.05) is 60.8 Å². The molecule has 0 unspecified atom stereocenters. The Morgan fingerprint density at radius 3 is 2.64 bits per heavy atom. The molecule has 4 rings (SSSR count). The molecule has 1 amide bonds. The summed E-state index contributed by atoms with van der Waals surface area (Å²) in [5.74, 6) is -0.0220. The molecule has 0 aliphatic heterocycles. The van der Waals surface area contributed by atoms with Gasteiger partial charge in [0.15, 0.2) is 0 Å². The molecule has 2 aromatic heterocycles. The summed E-state index contributed by atoms with van der Waals surface area (Å²) in [4.78, 5) is 18.9. The van der Waals surface area contributed by atoms with Crippen LogP contribution in [0.2, 0.25) is 0 Å². The minimum Gasteiger partial charge on any atom is -0.335 e. The van der Waals surface area contributed by atoms with Crippen LogP contribution in [0.4, 0.5) is 0 Å². The van der Waals surface area contributed by atoms with E-state index < -0.39 is 0 Å². The number of nitrogens with zero attached hydrogens (tertiary/aromatic N) is 4. The highest BCUT2D eigenvalue weighted by atomic mass is 32.1. The monoisotopic (exact) mass is 348 g/mol. The Hall–Kier alpha value is -2.99. The van der Waals surface area contributed by atoms with Crippen molar-refractivity contribution in [2.45, 2.75) is 6.54 Å². The summed E-state index contributed by atoms with van der Waals surface area (Å²) >= 11 is 1.62. The summed E-state index contributed by atoms with van der Waals surface area (Å²) in [6.45, 7) is 0.499. The lowest BCUT2D eigenvalue weighted by molar-refractivity contribution is 0.0785. The van der Waals surface area contributed by atoms with E-state index in [1.165, 1.54) is 0 Å². The highest BCUT2D eigenvalue weighted by molar-refractivity contribution is 7.18. The standard InChI is InChI=1S/C19H16N4OS/c1-22(13-18-21-16-5-2-3-6-17(16)25-18)19(24)14-7-9-15(10-8-14)23-12-4-11-20-23/h2-12H,13H2,1H3. The van der Waals surface area contributed by atoms with Gasteiger partial charge in [0.2, 0.25) is 0 Å². The van der Waals surface area contributed by atoms with Crippen LogP contribution in [0.3, 0.4) is 0 Å². The first kappa shape index (κ1) is 15.5. The Balaban J connectivity index is 1.49. The predicted molar refractivity (Wildman–Crippen MR) is 99.0 cm³/mol. The van der Waals surface area contributed by atoms with Crippen LogP contribution in [0.25, 0.3) is 15.9 Å². The Morgan fingerprint density at radius 2 is 1.92 bits per heavy atom. The lowest BCUT2D eigenvalue weighted by Gasteiger charge is -2.15. The largest absolute Gasteiger partial charge is 0.335 e. The molecule has 0 saturated carbocycles. The number of carbonyl (C=O) groups is 1. The molecule has 0 fully saturated rings. The number of aromatic nitrogens is 3. The zero-order valence-electron chi connectivity index (χ0n) is 13.7. The number of thiazole rings is 1. The fourth-order valence-electron chi connectivity index (χ4n) is 2.66. The first-order valence-electron chi connectivity index (χ1n) is 7.91. The molecular weight excluding hydrogens is 332 g/mol. The second-order valence-corrected chi connectivity index (χ2v) is 6.85. The molecule has 4 aromatic rings. The number of amides is 1. The minimum atomic E-state index is -0.0220. The first-order valence-corrected chi connectivity index (χ1v) is 8.72. The fraction of sp³-hybridized carbons (Fsp3) is 0.105. The summed E-state index contributed by atoms with van der Waals surface area (Å²) in [5.41, 5.74) is 2.56. The number of carbonyl (C=O) groups excluding carboxylic acids is 1. The van der Waals surface area contributed by atoms with E-state index >= 15 is 0 Å². The molecule has 0 atom stereocenters. The number of fused-ring (bicyclic) bond motifs is 1. The highest BCUT2D eigenvalue weighted by Crippen LogP contribution is 2.22. The SMILES string of the molecule is CN(Cc1nc2ccccc2s1)C(=O)c1ccc(-n2cccn2)cc1. The Kier molecular flexibility index (Phi) is 4.03. The maximum Gasteiger partial charge on any atom is 0.253 e. The van der Waals surface area contributed by atoms with Gasteiger partial charge in [-0.05, 0) is 42.5 Å². The van der Waals surface area contributed by atoms with Crippen LogP contribution in [-0.4, -0.2) is 32.6 Å². The summed E-state index contributed by atoms with van der Waals surface area (Å²) in [5, 5.41) is 5.12. The van der Waals surface area contributed by atoms with Gasteiger partial charge < -0.3 is 4.90 Å². The number of rotatable bonds is 4. The van der Waals surface area contributed by atoms with Gasteiger partial charge in [0.1, 0.15) is 5.01 Å². The molecular formula is C19H16N4OS. The van der Waals surface area contributed by atoms with E-state index in [0.29, 0.717) is 12.1 Å². The molecule has 5 nitrogen and oxygen atoms in total. The van der Waals surface area contributed by atoms with Crippen molar-refractivity contribution in [3.8, 4) is 5.69 Å². The van der Waals surface area contributed by atoms with Crippen molar-refractivity contribution in [3.05, 3.63) is 77.6 Å². The Labute approximate surface area is 149 Å². The summed E-state index contributed by atoms with van der Waals surface area (Å²) < 4.78 is 2.90. The first-order chi connectivity index (χ1) is 12.2. The molecule has 0 aliphatic rings. The molecule has 0 radical (unpaired) electrons. The van der Waals surface area contributed by atoms with E-state index in [-0.39, 0.29) is 5.91 Å². The van der Waals surface area contributed by atoms with E-state index in [2.05, 4.69) is 10.1 Å². The van der Waals surface area contributed by atoms with E-state index in [1.54, 1.807) is 34.2 Å². The number of hydrogen-bond donors (Lipinski definition) is 0. The third kappa shape index (κ3) is 3.16. The van der Waals surface area contributed by atoms with E-state index in [0.717, 1.165) is 20.9 Å². The summed E-state index contributed by atoms with van der Waals surface area (Å²) in [7, 11) is 1.80. The molecule has 0 saturated heterocycles. The third-order valence-corrected chi connectivity index (χ3v) is 4.96. The van der Waals surface area contributed by atoms with Crippen LogP contribution in [0.1, 0.15) is 15.4 Å². The average molecular weight is 348 g/mol. The Bertz CT molecular complexity index is 973. The summed E-state index contributed by atoms with van der Waals surface area (Å²) in [6, 6.07) is 17.3. The molecule has 0 N–H and O–H groups in total. The van der Waals surface area contributed by atoms with Gasteiger partial charge in [-0.15, -0.1) is 11.3 Å². The normalized spacial score (nSPS) is 10.9. The fourth-order valence-corrected chi connectivity index (χ4v) is 3.68. The van der Waals surface area contributed by atoms with Crippen molar-refractivity contribution in [2.75, 3.05) is 7.05 Å². The molecule has 0 aliphatic carbocycles. The van der Waals surface area contributed by atoms with Gasteiger partial charge in [-0.1, -0.05) is 12.1 Å². The highest BCUT2D eigenvalue weighted by Gasteiger charge is 2.14. The molecule has 0 spiro atoms. The number of benzene rings is 2. The van der Waals surface area contributed by atoms with Crippen LogP contribution < -0.4 is 0 Å². The maximum atomic E-state index is 12.6. The van der Waals surface area contributed by atoms with Gasteiger partial charge in [0.25, 0.3) is 5.91 Å². The summed E-state index contributed by atoms with van der Waals surface area (Å²) in [6.07, 6.45) is 3.60. The quantitative estimate of drug-likeness (QED) is 0.564. The van der Waals surface area contributed by atoms with Crippen LogP contribution in [0.5, 0.6) is 0 Å². The van der Waals surface area contributed by atoms with Crippen molar-refractivity contribution in [3.63, 3.8) is 0 Å². The number of para-hydroxylation sites is 1. The van der Waals surface area contributed by atoms with Gasteiger partial charge in [-0.25, -0.2) is 9.67 Å². The van der Waals surface area contributed by atoms with Crippen LogP contribution in [-0.2, 0) is 6.54 Å². The molecule has 2 aromatic carbocycles. The van der Waals surface area contributed by atoms with Crippen molar-refractivity contribution in [1.29, 1.82) is 0 Å². The lowest BCUT2D eigenvalue weighted by Crippen LogP contribution is -2.26. The second kappa shape index (κ2) is 6.49. The van der Waals surface area contributed by atoms with Gasteiger partial charge in [-0.2, -0.15) is 5.10 Å². The molecule has 2 heterocycles. The third-order valence-electron chi connectivity index (χ3n) is 3.94. The van der Waals surface area contributed by atoms with Crippen molar-refractivity contribution >= 4 is 27.5 Å². The Morgan fingerprint density at radius 1 is 1.12 bits per heavy atom. The molecule has 0 bridgehead atoms. The van der Waals surface area contributed by atoms with E-state index in [4.69, 9.17) is 0 Å². The van der Waals surface area contributed by atoms with Crippen molar-refractivity contribution < 1.29 is 4.79 Å². The lowest BCUT2D eigenvalue weighted by atomic mass is 10.2. The van der Waals surface area contributed by atoms with Crippen LogP contribution in [0, 0.1) is 0 Å². The van der Waals surface area contributed by atoms with Gasteiger partial charge in [0, 0.05) is 25.0 Å². The second-order valence-electron chi connectivity index (χ2n) is 5.73. The predicted octanol–water partition coefficient (Wildman–Crippen LogP) is 3.75. The molecule has 25 heavy (non-hydrogen) atoms. The van der Waals surface area contributed by atoms with Gasteiger partial charge >= 0.3 is 0 Å². The zero-order chi connectivity index (χ0) is 17.2. The van der Waals surface area contributed by atoms with Crippen molar-refractivity contribution in [2.24, 2.45) is 0 Å². The molecule has 6 heteroatoms. The average Bonchev–Trinajstić information content (AvgIpc) is 3.30. The van der Waals surface area contributed by atoms with Gasteiger partial charge in [-0.3, -0.25) is 4.79 Å². The number of hydrogen-bond acceptors (Lipinski definition) is 4. The van der Waals surface area contributed by atoms with Crippen molar-refractivity contribution in [1.82, 2.24) is 19.7 Å². The van der Waals surface area contributed by atoms with Crippen LogP contribution >= 0.6 is 11.3 Å².